The smallest absolute Gasteiger partial charge is 0.254 e. The molecule has 64 valence electrons. The van der Waals surface area contributed by atoms with E-state index in [9.17, 15) is 0 Å². The average Bonchev–Trinajstić information content (AvgIpc) is 2.54. The van der Waals surface area contributed by atoms with Crippen LogP contribution >= 0.6 is 0 Å². The summed E-state index contributed by atoms with van der Waals surface area (Å²) < 4.78 is 1.79. The molecule has 0 unspecified atom stereocenters. The lowest BCUT2D eigenvalue weighted by Gasteiger charge is -1.90. The van der Waals surface area contributed by atoms with Crippen LogP contribution in [-0.4, -0.2) is 19.6 Å². The Labute approximate surface area is 71.3 Å². The minimum Gasteiger partial charge on any atom is -0.273 e. The van der Waals surface area contributed by atoms with Crippen molar-refractivity contribution in [2.75, 3.05) is 0 Å². The van der Waals surface area contributed by atoms with Crippen LogP contribution in [0.2, 0.25) is 0 Å². The van der Waals surface area contributed by atoms with Crippen LogP contribution in [0.4, 0.5) is 0 Å². The van der Waals surface area contributed by atoms with Crippen LogP contribution in [0.25, 0.3) is 5.78 Å². The van der Waals surface area contributed by atoms with Crippen LogP contribution in [-0.2, 0) is 0 Å². The Morgan fingerprint density at radius 1 is 1.33 bits per heavy atom. The zero-order chi connectivity index (χ0) is 8.97. The van der Waals surface area contributed by atoms with Gasteiger partial charge in [0.2, 0.25) is 0 Å². The summed E-state index contributed by atoms with van der Waals surface area (Å²) in [4.78, 5) is 4.03. The molecule has 12 heavy (non-hydrogen) atoms. The number of hydrogen-bond acceptors (Lipinski definition) is 3. The van der Waals surface area contributed by atoms with Crippen molar-refractivity contribution >= 4 is 5.78 Å². The molecule has 0 aromatic carbocycles. The largest absolute Gasteiger partial charge is 0.273 e. The van der Waals surface area contributed by atoms with E-state index in [4.69, 9.17) is 0 Å². The monoisotopic (exact) mass is 164 g/mol. The van der Waals surface area contributed by atoms with Crippen molar-refractivity contribution in [3.05, 3.63) is 24.3 Å². The third-order valence-corrected chi connectivity index (χ3v) is 1.28. The summed E-state index contributed by atoms with van der Waals surface area (Å²) in [5, 5.41) is 7.45. The maximum atomic E-state index is 4.03. The fourth-order valence-electron chi connectivity index (χ4n) is 0.832. The Morgan fingerprint density at radius 2 is 2.08 bits per heavy atom. The summed E-state index contributed by atoms with van der Waals surface area (Å²) in [5.41, 5.74) is 1.10. The fourth-order valence-corrected chi connectivity index (χ4v) is 0.832. The Bertz CT molecular complexity index is 353. The number of aryl methyl sites for hydroxylation is 1. The van der Waals surface area contributed by atoms with Gasteiger partial charge in [-0.05, 0) is 12.5 Å². The van der Waals surface area contributed by atoms with E-state index >= 15 is 0 Å². The van der Waals surface area contributed by atoms with Crippen molar-refractivity contribution in [2.24, 2.45) is 0 Å². The van der Waals surface area contributed by atoms with Gasteiger partial charge >= 0.3 is 0 Å². The number of aromatic nitrogens is 4. The summed E-state index contributed by atoms with van der Waals surface area (Å²) >= 11 is 0. The highest BCUT2D eigenvalue weighted by Gasteiger charge is 1.92. The summed E-state index contributed by atoms with van der Waals surface area (Å²) in [6.07, 6.45) is 5.34. The Balaban J connectivity index is 0.000000336. The molecule has 0 aliphatic heterocycles. The van der Waals surface area contributed by atoms with Crippen LogP contribution in [0.3, 0.4) is 0 Å². The van der Waals surface area contributed by atoms with E-state index in [-0.39, 0.29) is 0 Å². The van der Waals surface area contributed by atoms with Gasteiger partial charge in [0.25, 0.3) is 5.78 Å². The minimum absolute atomic E-state index is 0.644. The van der Waals surface area contributed by atoms with Crippen molar-refractivity contribution in [1.82, 2.24) is 19.6 Å². The molecule has 0 spiro atoms. The van der Waals surface area contributed by atoms with Gasteiger partial charge in [0, 0.05) is 12.4 Å². The first-order chi connectivity index (χ1) is 5.86. The van der Waals surface area contributed by atoms with Crippen LogP contribution in [0.5, 0.6) is 0 Å². The molecule has 2 rings (SSSR count). The Morgan fingerprint density at radius 3 is 2.83 bits per heavy atom. The third-order valence-electron chi connectivity index (χ3n) is 1.28. The van der Waals surface area contributed by atoms with Gasteiger partial charge in [0.05, 0.1) is 0 Å². The zero-order valence-electron chi connectivity index (χ0n) is 7.52. The molecule has 0 N–H and O–H groups in total. The first kappa shape index (κ1) is 8.64. The van der Waals surface area contributed by atoms with Gasteiger partial charge in [-0.2, -0.15) is 0 Å². The second kappa shape index (κ2) is 3.80. The third kappa shape index (κ3) is 1.58. The number of hydrogen-bond donors (Lipinski definition) is 0. The Hall–Kier alpha value is -1.45. The summed E-state index contributed by atoms with van der Waals surface area (Å²) in [5.74, 6) is 0.644. The van der Waals surface area contributed by atoms with Gasteiger partial charge in [-0.3, -0.25) is 4.40 Å². The lowest BCUT2D eigenvalue weighted by Crippen LogP contribution is -1.87. The molecule has 4 nitrogen and oxygen atoms in total. The van der Waals surface area contributed by atoms with Gasteiger partial charge in [0.1, 0.15) is 6.33 Å². The lowest BCUT2D eigenvalue weighted by atomic mass is 10.4. The molecule has 0 saturated heterocycles. The van der Waals surface area contributed by atoms with Crippen molar-refractivity contribution in [3.63, 3.8) is 0 Å². The Kier molecular flexibility index (Phi) is 2.74. The van der Waals surface area contributed by atoms with Gasteiger partial charge in [0.15, 0.2) is 0 Å². The number of fused-ring (bicyclic) bond motifs is 1. The molecular formula is C8H12N4. The lowest BCUT2D eigenvalue weighted by molar-refractivity contribution is 1.08. The van der Waals surface area contributed by atoms with Gasteiger partial charge < -0.3 is 0 Å². The molecule has 0 saturated carbocycles. The second-order valence-electron chi connectivity index (χ2n) is 2.17. The maximum absolute atomic E-state index is 4.03. The highest BCUT2D eigenvalue weighted by molar-refractivity contribution is 5.25. The zero-order valence-corrected chi connectivity index (χ0v) is 7.52. The molecule has 0 atom stereocenters. The topological polar surface area (TPSA) is 43.1 Å². The molecular weight excluding hydrogens is 152 g/mol. The van der Waals surface area contributed by atoms with Crippen molar-refractivity contribution in [1.29, 1.82) is 0 Å². The summed E-state index contributed by atoms with van der Waals surface area (Å²) in [7, 11) is 0. The molecule has 2 aromatic rings. The molecule has 0 aliphatic carbocycles. The van der Waals surface area contributed by atoms with E-state index < -0.39 is 0 Å². The normalized spacial score (nSPS) is 9.25. The van der Waals surface area contributed by atoms with Gasteiger partial charge in [-0.25, -0.2) is 4.98 Å². The van der Waals surface area contributed by atoms with E-state index in [1.807, 2.05) is 27.0 Å². The molecule has 0 radical (unpaired) electrons. The van der Waals surface area contributed by atoms with E-state index in [2.05, 4.69) is 15.2 Å². The molecule has 0 fully saturated rings. The average molecular weight is 164 g/mol. The number of nitrogens with zero attached hydrogens (tertiary/aromatic N) is 4. The molecule has 0 aliphatic rings. The van der Waals surface area contributed by atoms with E-state index in [0.717, 1.165) is 5.56 Å². The van der Waals surface area contributed by atoms with Crippen molar-refractivity contribution in [2.45, 2.75) is 20.8 Å². The predicted octanol–water partition coefficient (Wildman–Crippen LogP) is 1.46. The molecule has 2 heterocycles. The van der Waals surface area contributed by atoms with Gasteiger partial charge in [-0.15, -0.1) is 10.2 Å². The molecule has 0 amide bonds. The number of rotatable bonds is 0. The second-order valence-corrected chi connectivity index (χ2v) is 2.17. The minimum atomic E-state index is 0.644. The van der Waals surface area contributed by atoms with Gasteiger partial charge in [-0.1, -0.05) is 13.8 Å². The van der Waals surface area contributed by atoms with Crippen molar-refractivity contribution in [3.8, 4) is 0 Å². The fraction of sp³-hybridized carbons (Fsp3) is 0.375. The first-order valence-corrected chi connectivity index (χ1v) is 3.98. The summed E-state index contributed by atoms with van der Waals surface area (Å²) in [6.45, 7) is 5.98. The van der Waals surface area contributed by atoms with Crippen LogP contribution in [0.15, 0.2) is 18.7 Å². The molecule has 0 bridgehead atoms. The van der Waals surface area contributed by atoms with Crippen molar-refractivity contribution < 1.29 is 0 Å². The summed E-state index contributed by atoms with van der Waals surface area (Å²) in [6, 6.07) is 0. The van der Waals surface area contributed by atoms with E-state index in [0.29, 0.717) is 5.78 Å². The quantitative estimate of drug-likeness (QED) is 0.592. The predicted molar refractivity (Wildman–Crippen MR) is 46.9 cm³/mol. The van der Waals surface area contributed by atoms with E-state index in [1.54, 1.807) is 16.9 Å². The molecule has 2 aromatic heterocycles. The maximum Gasteiger partial charge on any atom is 0.254 e. The SMILES string of the molecule is CC.Cc1cnc2nncn2c1. The standard InChI is InChI=1S/C6H6N4.C2H6/c1-5-2-7-6-9-8-4-10(6)3-5;1-2/h2-4H,1H3;1-2H3. The molecule has 4 heteroatoms. The van der Waals surface area contributed by atoms with Crippen LogP contribution in [0, 0.1) is 6.92 Å². The highest BCUT2D eigenvalue weighted by Crippen LogP contribution is 1.96. The highest BCUT2D eigenvalue weighted by atomic mass is 15.3. The van der Waals surface area contributed by atoms with Crippen LogP contribution in [0.1, 0.15) is 19.4 Å². The first-order valence-electron chi connectivity index (χ1n) is 3.98. The van der Waals surface area contributed by atoms with E-state index in [1.165, 1.54) is 0 Å². The van der Waals surface area contributed by atoms with Crippen LogP contribution < -0.4 is 0 Å².